The van der Waals surface area contributed by atoms with Crippen molar-refractivity contribution in [3.63, 3.8) is 0 Å². The van der Waals surface area contributed by atoms with Crippen molar-refractivity contribution in [1.29, 1.82) is 5.41 Å². The zero-order valence-electron chi connectivity index (χ0n) is 5.27. The lowest BCUT2D eigenvalue weighted by Crippen LogP contribution is -2.08. The molecular weight excluding hydrogens is 102 g/mol. The molecule has 0 rings (SSSR count). The average Bonchev–Trinajstić information content (AvgIpc) is 1.84. The van der Waals surface area contributed by atoms with E-state index in [1.807, 2.05) is 13.8 Å². The van der Waals surface area contributed by atoms with E-state index in [4.69, 9.17) is 5.41 Å². The topological polar surface area (TPSA) is 40.9 Å². The maximum Gasteiger partial charge on any atom is 0.163 e. The predicted molar refractivity (Wildman–Crippen MR) is 33.2 cm³/mol. The lowest BCUT2D eigenvalue weighted by molar-refractivity contribution is -0.103. The van der Waals surface area contributed by atoms with Crippen molar-refractivity contribution in [2.45, 2.75) is 20.3 Å². The first-order chi connectivity index (χ1) is 3.72. The van der Waals surface area contributed by atoms with E-state index >= 15 is 0 Å². The van der Waals surface area contributed by atoms with Crippen LogP contribution in [0, 0.1) is 11.3 Å². The molecule has 0 saturated carbocycles. The van der Waals surface area contributed by atoms with E-state index in [0.717, 1.165) is 6.42 Å². The molecule has 0 saturated heterocycles. The van der Waals surface area contributed by atoms with Gasteiger partial charge < -0.3 is 5.41 Å². The third kappa shape index (κ3) is 1.87. The molecule has 0 aliphatic rings. The van der Waals surface area contributed by atoms with Crippen LogP contribution in [0.4, 0.5) is 0 Å². The highest BCUT2D eigenvalue weighted by Crippen LogP contribution is 1.99. The maximum atomic E-state index is 9.88. The minimum Gasteiger partial charge on any atom is -0.302 e. The van der Waals surface area contributed by atoms with Gasteiger partial charge in [-0.2, -0.15) is 0 Å². The number of carbonyl (C=O) groups excluding carboxylic acids is 1. The fourth-order valence-corrected chi connectivity index (χ4v) is 0.336. The zero-order chi connectivity index (χ0) is 6.57. The second-order valence-corrected chi connectivity index (χ2v) is 1.88. The molecule has 1 N–H and O–H groups in total. The van der Waals surface area contributed by atoms with Gasteiger partial charge in [-0.25, -0.2) is 0 Å². The zero-order valence-corrected chi connectivity index (χ0v) is 5.27. The molecule has 46 valence electrons. The standard InChI is InChI=1S/C6H11NO/c1-3-5(2)6(7)4-8/h4-5,7H,3H2,1-2H3. The van der Waals surface area contributed by atoms with E-state index in [-0.39, 0.29) is 11.6 Å². The minimum absolute atomic E-state index is 0.132. The Morgan fingerprint density at radius 3 is 2.50 bits per heavy atom. The molecule has 0 fully saturated rings. The number of aldehydes is 1. The van der Waals surface area contributed by atoms with Crippen LogP contribution >= 0.6 is 0 Å². The van der Waals surface area contributed by atoms with Gasteiger partial charge in [-0.3, -0.25) is 4.79 Å². The van der Waals surface area contributed by atoms with Crippen LogP contribution in [-0.4, -0.2) is 12.0 Å². The first-order valence-electron chi connectivity index (χ1n) is 2.76. The summed E-state index contributed by atoms with van der Waals surface area (Å²) in [5.74, 6) is 0.132. The molecule has 0 radical (unpaired) electrons. The van der Waals surface area contributed by atoms with Gasteiger partial charge in [0.2, 0.25) is 0 Å². The van der Waals surface area contributed by atoms with Gasteiger partial charge in [-0.05, 0) is 6.42 Å². The van der Waals surface area contributed by atoms with Crippen LogP contribution in [0.1, 0.15) is 20.3 Å². The summed E-state index contributed by atoms with van der Waals surface area (Å²) in [5, 5.41) is 6.98. The summed E-state index contributed by atoms with van der Waals surface area (Å²) in [5.41, 5.74) is 0.201. The van der Waals surface area contributed by atoms with Gasteiger partial charge >= 0.3 is 0 Å². The highest BCUT2D eigenvalue weighted by molar-refractivity contribution is 6.27. The number of rotatable bonds is 3. The average molecular weight is 113 g/mol. The lowest BCUT2D eigenvalue weighted by atomic mass is 10.0. The van der Waals surface area contributed by atoms with Crippen molar-refractivity contribution in [3.8, 4) is 0 Å². The van der Waals surface area contributed by atoms with E-state index in [1.54, 1.807) is 0 Å². The molecule has 0 heterocycles. The Balaban J connectivity index is 3.62. The van der Waals surface area contributed by atoms with Gasteiger partial charge in [0.25, 0.3) is 0 Å². The lowest BCUT2D eigenvalue weighted by Gasteiger charge is -2.00. The van der Waals surface area contributed by atoms with Gasteiger partial charge in [-0.15, -0.1) is 0 Å². The molecule has 2 nitrogen and oxygen atoms in total. The summed E-state index contributed by atoms with van der Waals surface area (Å²) in [6.07, 6.45) is 1.48. The first-order valence-corrected chi connectivity index (χ1v) is 2.76. The van der Waals surface area contributed by atoms with Crippen molar-refractivity contribution >= 4 is 12.0 Å². The van der Waals surface area contributed by atoms with Crippen LogP contribution in [0.3, 0.4) is 0 Å². The van der Waals surface area contributed by atoms with Gasteiger partial charge in [0.1, 0.15) is 0 Å². The summed E-state index contributed by atoms with van der Waals surface area (Å²) < 4.78 is 0. The van der Waals surface area contributed by atoms with Gasteiger partial charge in [0.05, 0.1) is 5.71 Å². The second-order valence-electron chi connectivity index (χ2n) is 1.88. The molecule has 8 heavy (non-hydrogen) atoms. The van der Waals surface area contributed by atoms with E-state index in [1.165, 1.54) is 0 Å². The van der Waals surface area contributed by atoms with Crippen LogP contribution in [0.5, 0.6) is 0 Å². The SMILES string of the molecule is CCC(C)C(=N)C=O. The maximum absolute atomic E-state index is 9.88. The summed E-state index contributed by atoms with van der Waals surface area (Å²) in [7, 11) is 0. The molecule has 0 aromatic heterocycles. The first kappa shape index (κ1) is 7.34. The minimum atomic E-state index is 0.132. The van der Waals surface area contributed by atoms with Crippen molar-refractivity contribution in [1.82, 2.24) is 0 Å². The quantitative estimate of drug-likeness (QED) is 0.434. The molecule has 1 unspecified atom stereocenters. The van der Waals surface area contributed by atoms with Crippen molar-refractivity contribution in [2.24, 2.45) is 5.92 Å². The summed E-state index contributed by atoms with van der Waals surface area (Å²) in [4.78, 5) is 9.88. The van der Waals surface area contributed by atoms with Crippen LogP contribution in [0.2, 0.25) is 0 Å². The molecule has 1 atom stereocenters. The van der Waals surface area contributed by atoms with Gasteiger partial charge in [0, 0.05) is 5.92 Å². The Bertz CT molecular complexity index is 98.7. The number of carbonyl (C=O) groups is 1. The number of nitrogens with one attached hydrogen (secondary N) is 1. The fraction of sp³-hybridized carbons (Fsp3) is 0.667. The highest BCUT2D eigenvalue weighted by Gasteiger charge is 2.02. The summed E-state index contributed by atoms with van der Waals surface area (Å²) >= 11 is 0. The smallest absolute Gasteiger partial charge is 0.163 e. The van der Waals surface area contributed by atoms with Crippen molar-refractivity contribution in [3.05, 3.63) is 0 Å². The Morgan fingerprint density at radius 1 is 1.88 bits per heavy atom. The van der Waals surface area contributed by atoms with E-state index in [9.17, 15) is 4.79 Å². The summed E-state index contributed by atoms with van der Waals surface area (Å²) in [6, 6.07) is 0. The molecule has 2 heteroatoms. The Labute approximate surface area is 49.4 Å². The molecule has 0 aliphatic carbocycles. The highest BCUT2D eigenvalue weighted by atomic mass is 16.1. The fourth-order valence-electron chi connectivity index (χ4n) is 0.336. The molecule has 0 aromatic carbocycles. The molecule has 0 aliphatic heterocycles. The number of hydrogen-bond donors (Lipinski definition) is 1. The third-order valence-corrected chi connectivity index (χ3v) is 1.27. The predicted octanol–water partition coefficient (Wildman–Crippen LogP) is 1.25. The molecular formula is C6H11NO. The Hall–Kier alpha value is -0.660. The van der Waals surface area contributed by atoms with Crippen molar-refractivity contribution < 1.29 is 4.79 Å². The van der Waals surface area contributed by atoms with Crippen LogP contribution in [-0.2, 0) is 4.79 Å². The van der Waals surface area contributed by atoms with Crippen LogP contribution < -0.4 is 0 Å². The normalized spacial score (nSPS) is 12.8. The van der Waals surface area contributed by atoms with Crippen molar-refractivity contribution in [2.75, 3.05) is 0 Å². The molecule has 0 amide bonds. The third-order valence-electron chi connectivity index (χ3n) is 1.27. The van der Waals surface area contributed by atoms with Gasteiger partial charge in [-0.1, -0.05) is 13.8 Å². The van der Waals surface area contributed by atoms with Crippen LogP contribution in [0.25, 0.3) is 0 Å². The van der Waals surface area contributed by atoms with E-state index < -0.39 is 0 Å². The van der Waals surface area contributed by atoms with Gasteiger partial charge in [0.15, 0.2) is 6.29 Å². The molecule has 0 aromatic rings. The Morgan fingerprint density at radius 2 is 2.38 bits per heavy atom. The largest absolute Gasteiger partial charge is 0.302 e. The summed E-state index contributed by atoms with van der Waals surface area (Å²) in [6.45, 7) is 3.83. The van der Waals surface area contributed by atoms with Crippen LogP contribution in [0.15, 0.2) is 0 Å². The monoisotopic (exact) mass is 113 g/mol. The second kappa shape index (κ2) is 3.36. The molecule has 0 spiro atoms. The van der Waals surface area contributed by atoms with E-state index in [0.29, 0.717) is 6.29 Å². The van der Waals surface area contributed by atoms with E-state index in [2.05, 4.69) is 0 Å². The number of hydrogen-bond acceptors (Lipinski definition) is 2. The molecule has 0 bridgehead atoms. The Kier molecular flexibility index (Phi) is 3.08.